The number of carbonyl (C=O) groups excluding carboxylic acids is 1. The summed E-state index contributed by atoms with van der Waals surface area (Å²) in [4.78, 5) is 24.1. The van der Waals surface area contributed by atoms with E-state index in [9.17, 15) is 4.79 Å². The number of halogens is 2. The first kappa shape index (κ1) is 20.9. The van der Waals surface area contributed by atoms with Gasteiger partial charge in [-0.25, -0.2) is 9.98 Å². The first-order valence-electron chi connectivity index (χ1n) is 9.11. The maximum absolute atomic E-state index is 12.3. The molecule has 150 valence electrons. The van der Waals surface area contributed by atoms with Gasteiger partial charge in [0.05, 0.1) is 0 Å². The number of benzene rings is 1. The summed E-state index contributed by atoms with van der Waals surface area (Å²) in [6.45, 7) is 0.790. The van der Waals surface area contributed by atoms with Gasteiger partial charge in [0.15, 0.2) is 0 Å². The van der Waals surface area contributed by atoms with E-state index >= 15 is 0 Å². The molecule has 3 aromatic rings. The number of fused-ring (bicyclic) bond motifs is 2. The normalized spacial score (nSPS) is 16.8. The SMILES string of the molecule is Cl.Cl.O=C1NC(NCC2Cc3ccccc3C2)=N/C1=C\c1c[nH]c2ncccc12. The van der Waals surface area contributed by atoms with E-state index in [-0.39, 0.29) is 30.7 Å². The van der Waals surface area contributed by atoms with Crippen molar-refractivity contribution in [2.45, 2.75) is 12.8 Å². The van der Waals surface area contributed by atoms with Crippen molar-refractivity contribution >= 4 is 53.8 Å². The lowest BCUT2D eigenvalue weighted by atomic mass is 10.1. The number of hydrogen-bond donors (Lipinski definition) is 3. The van der Waals surface area contributed by atoms with Crippen molar-refractivity contribution in [1.29, 1.82) is 0 Å². The Morgan fingerprint density at radius 2 is 1.86 bits per heavy atom. The molecule has 29 heavy (non-hydrogen) atoms. The molecule has 0 radical (unpaired) electrons. The number of rotatable bonds is 3. The fraction of sp³-hybridized carbons (Fsp3) is 0.190. The predicted molar refractivity (Wildman–Crippen MR) is 119 cm³/mol. The summed E-state index contributed by atoms with van der Waals surface area (Å²) in [5.41, 5.74) is 4.95. The standard InChI is InChI=1S/C21H19N5O.2ClH/c27-20-18(10-16-12-23-19-17(16)6-3-7-22-19)25-21(26-20)24-11-13-8-14-4-1-2-5-15(14)9-13;;/h1-7,10,12-13H,8-9,11H2,(H,22,23)(H2,24,25,26,27);2*1H/b18-10-;;. The highest BCUT2D eigenvalue weighted by molar-refractivity contribution is 6.14. The summed E-state index contributed by atoms with van der Waals surface area (Å²) in [5, 5.41) is 7.08. The highest BCUT2D eigenvalue weighted by Gasteiger charge is 2.24. The van der Waals surface area contributed by atoms with Crippen molar-refractivity contribution in [3.63, 3.8) is 0 Å². The third kappa shape index (κ3) is 4.13. The minimum Gasteiger partial charge on any atom is -0.355 e. The summed E-state index contributed by atoms with van der Waals surface area (Å²) in [7, 11) is 0. The zero-order chi connectivity index (χ0) is 18.2. The molecule has 0 saturated heterocycles. The van der Waals surface area contributed by atoms with E-state index < -0.39 is 0 Å². The Hall–Kier alpha value is -2.83. The van der Waals surface area contributed by atoms with Gasteiger partial charge in [0.1, 0.15) is 11.3 Å². The lowest BCUT2D eigenvalue weighted by Gasteiger charge is -2.10. The first-order chi connectivity index (χ1) is 13.3. The van der Waals surface area contributed by atoms with Crippen LogP contribution < -0.4 is 10.6 Å². The topological polar surface area (TPSA) is 82.2 Å². The number of guanidine groups is 1. The van der Waals surface area contributed by atoms with Crippen LogP contribution in [0, 0.1) is 5.92 Å². The number of aromatic amines is 1. The first-order valence-corrected chi connectivity index (χ1v) is 9.11. The van der Waals surface area contributed by atoms with Crippen LogP contribution in [-0.2, 0) is 17.6 Å². The predicted octanol–water partition coefficient (Wildman–Crippen LogP) is 3.24. The van der Waals surface area contributed by atoms with Gasteiger partial charge < -0.3 is 10.3 Å². The van der Waals surface area contributed by atoms with Gasteiger partial charge in [-0.15, -0.1) is 24.8 Å². The molecule has 0 saturated carbocycles. The van der Waals surface area contributed by atoms with E-state index in [4.69, 9.17) is 0 Å². The molecule has 6 nitrogen and oxygen atoms in total. The average Bonchev–Trinajstić information content (AvgIpc) is 3.38. The van der Waals surface area contributed by atoms with Crippen LogP contribution in [-0.4, -0.2) is 28.4 Å². The minimum atomic E-state index is -0.189. The van der Waals surface area contributed by atoms with E-state index in [2.05, 4.69) is 49.9 Å². The molecule has 0 fully saturated rings. The quantitative estimate of drug-likeness (QED) is 0.558. The van der Waals surface area contributed by atoms with Crippen molar-refractivity contribution in [3.8, 4) is 0 Å². The Morgan fingerprint density at radius 3 is 2.62 bits per heavy atom. The monoisotopic (exact) mass is 429 g/mol. The number of carbonyl (C=O) groups is 1. The van der Waals surface area contributed by atoms with Crippen molar-refractivity contribution in [2.24, 2.45) is 10.9 Å². The average molecular weight is 430 g/mol. The summed E-state index contributed by atoms with van der Waals surface area (Å²) in [6.07, 6.45) is 7.50. The van der Waals surface area contributed by atoms with Crippen LogP contribution in [0.1, 0.15) is 16.7 Å². The molecular formula is C21H21Cl2N5O. The highest BCUT2D eigenvalue weighted by Crippen LogP contribution is 2.26. The van der Waals surface area contributed by atoms with E-state index in [0.717, 1.165) is 36.0 Å². The van der Waals surface area contributed by atoms with Crippen molar-refractivity contribution in [1.82, 2.24) is 20.6 Å². The summed E-state index contributed by atoms with van der Waals surface area (Å²) >= 11 is 0. The molecule has 0 atom stereocenters. The Bertz CT molecular complexity index is 1080. The van der Waals surface area contributed by atoms with Crippen LogP contribution >= 0.6 is 24.8 Å². The van der Waals surface area contributed by atoms with Crippen molar-refractivity contribution < 1.29 is 4.79 Å². The number of nitrogens with zero attached hydrogens (tertiary/aromatic N) is 2. The summed E-state index contributed by atoms with van der Waals surface area (Å²) in [5.74, 6) is 0.861. The van der Waals surface area contributed by atoms with Crippen LogP contribution in [0.3, 0.4) is 0 Å². The second-order valence-electron chi connectivity index (χ2n) is 7.01. The highest BCUT2D eigenvalue weighted by atomic mass is 35.5. The molecule has 8 heteroatoms. The van der Waals surface area contributed by atoms with Gasteiger partial charge >= 0.3 is 0 Å². The Morgan fingerprint density at radius 1 is 1.10 bits per heavy atom. The summed E-state index contributed by atoms with van der Waals surface area (Å²) < 4.78 is 0. The largest absolute Gasteiger partial charge is 0.355 e. The molecule has 1 aromatic carbocycles. The maximum atomic E-state index is 12.3. The number of hydrogen-bond acceptors (Lipinski definition) is 4. The van der Waals surface area contributed by atoms with Crippen LogP contribution in [0.25, 0.3) is 17.1 Å². The summed E-state index contributed by atoms with van der Waals surface area (Å²) in [6, 6.07) is 12.4. The number of H-pyrrole nitrogens is 1. The molecule has 3 heterocycles. The van der Waals surface area contributed by atoms with Gasteiger partial charge in [-0.3, -0.25) is 10.1 Å². The van der Waals surface area contributed by atoms with Crippen LogP contribution in [0.2, 0.25) is 0 Å². The zero-order valence-corrected chi connectivity index (χ0v) is 17.1. The third-order valence-electron chi connectivity index (χ3n) is 5.17. The molecule has 2 aromatic heterocycles. The number of amides is 1. The Labute approximate surface area is 180 Å². The van der Waals surface area contributed by atoms with E-state index in [1.165, 1.54) is 11.1 Å². The van der Waals surface area contributed by atoms with Crippen LogP contribution in [0.5, 0.6) is 0 Å². The van der Waals surface area contributed by atoms with Crippen molar-refractivity contribution in [3.05, 3.63) is 71.2 Å². The zero-order valence-electron chi connectivity index (χ0n) is 15.5. The molecule has 5 rings (SSSR count). The van der Waals surface area contributed by atoms with Gasteiger partial charge in [0, 0.05) is 29.9 Å². The second-order valence-corrected chi connectivity index (χ2v) is 7.01. The number of aromatic nitrogens is 2. The lowest BCUT2D eigenvalue weighted by Crippen LogP contribution is -2.38. The molecule has 1 amide bonds. The van der Waals surface area contributed by atoms with Gasteiger partial charge in [0.25, 0.3) is 5.91 Å². The van der Waals surface area contributed by atoms with Crippen LogP contribution in [0.4, 0.5) is 0 Å². The maximum Gasteiger partial charge on any atom is 0.276 e. The lowest BCUT2D eigenvalue weighted by molar-refractivity contribution is -0.115. The van der Waals surface area contributed by atoms with Crippen LogP contribution in [0.15, 0.2) is 59.5 Å². The van der Waals surface area contributed by atoms with Gasteiger partial charge in [-0.2, -0.15) is 0 Å². The molecule has 1 aliphatic heterocycles. The van der Waals surface area contributed by atoms with Gasteiger partial charge in [-0.05, 0) is 48.1 Å². The van der Waals surface area contributed by atoms with Gasteiger partial charge in [0.2, 0.25) is 5.96 Å². The Balaban J connectivity index is 0.00000120. The number of nitrogens with one attached hydrogen (secondary N) is 3. The molecule has 0 spiro atoms. The van der Waals surface area contributed by atoms with E-state index in [1.807, 2.05) is 18.3 Å². The smallest absolute Gasteiger partial charge is 0.276 e. The fourth-order valence-electron chi connectivity index (χ4n) is 3.83. The third-order valence-corrected chi connectivity index (χ3v) is 5.17. The molecule has 0 unspecified atom stereocenters. The number of pyridine rings is 1. The minimum absolute atomic E-state index is 0. The molecular weight excluding hydrogens is 409 g/mol. The molecule has 2 aliphatic rings. The molecule has 0 bridgehead atoms. The van der Waals surface area contributed by atoms with Crippen molar-refractivity contribution in [2.75, 3.05) is 6.54 Å². The number of aliphatic imine (C=N–C) groups is 1. The molecule has 1 aliphatic carbocycles. The van der Waals surface area contributed by atoms with E-state index in [1.54, 1.807) is 12.3 Å². The molecule has 3 N–H and O–H groups in total. The Kier molecular flexibility index (Phi) is 6.25. The second kappa shape index (κ2) is 8.68. The fourth-order valence-corrected chi connectivity index (χ4v) is 3.83. The van der Waals surface area contributed by atoms with Gasteiger partial charge in [-0.1, -0.05) is 24.3 Å². The van der Waals surface area contributed by atoms with E-state index in [0.29, 0.717) is 17.6 Å².